The Hall–Kier alpha value is -1.91. The molecular weight excluding hydrogens is 274 g/mol. The maximum Gasteiger partial charge on any atom is 0.262 e. The van der Waals surface area contributed by atoms with E-state index in [2.05, 4.69) is 0 Å². The van der Waals surface area contributed by atoms with E-state index in [9.17, 15) is 4.79 Å². The summed E-state index contributed by atoms with van der Waals surface area (Å²) < 4.78 is 4.23. The number of hydrogen-bond acceptors (Lipinski definition) is 3. The molecule has 0 saturated heterocycles. The Morgan fingerprint density at radius 3 is 2.00 bits per heavy atom. The number of benzene rings is 1. The van der Waals surface area contributed by atoms with Gasteiger partial charge in [0.15, 0.2) is 0 Å². The lowest BCUT2D eigenvalue weighted by Crippen LogP contribution is -2.10. The van der Waals surface area contributed by atoms with Crippen LogP contribution in [-0.4, -0.2) is 10.5 Å². The van der Waals surface area contributed by atoms with E-state index in [1.807, 2.05) is 57.8 Å². The van der Waals surface area contributed by atoms with Crippen LogP contribution in [0.1, 0.15) is 10.4 Å². The number of rotatable bonds is 1. The number of carbonyl (C=O) groups excluding carboxylic acids is 1. The summed E-state index contributed by atoms with van der Waals surface area (Å²) in [5, 5.41) is 4.08. The largest absolute Gasteiger partial charge is 0.274 e. The van der Waals surface area contributed by atoms with Crippen molar-refractivity contribution in [2.45, 2.75) is 0 Å². The molecule has 0 atom stereocenters. The second-order valence-corrected chi connectivity index (χ2v) is 6.11. The third-order valence-corrected chi connectivity index (χ3v) is 5.17. The topological polar surface area (TPSA) is 22.0 Å². The Bertz CT molecular complexity index is 835. The Morgan fingerprint density at radius 1 is 0.842 bits per heavy atom. The van der Waals surface area contributed by atoms with E-state index < -0.39 is 0 Å². The van der Waals surface area contributed by atoms with Crippen LogP contribution in [0.15, 0.2) is 53.2 Å². The molecule has 2 nitrogen and oxygen atoms in total. The van der Waals surface area contributed by atoms with Crippen LogP contribution in [-0.2, 0) is 0 Å². The Kier molecular flexibility index (Phi) is 2.33. The van der Waals surface area contributed by atoms with Crippen molar-refractivity contribution in [2.75, 3.05) is 0 Å². The molecule has 0 amide bonds. The molecule has 0 radical (unpaired) electrons. The van der Waals surface area contributed by atoms with Crippen molar-refractivity contribution in [2.24, 2.45) is 0 Å². The normalized spacial score (nSPS) is 11.4. The lowest BCUT2D eigenvalue weighted by molar-refractivity contribution is 0.0969. The monoisotopic (exact) mass is 283 g/mol. The van der Waals surface area contributed by atoms with Crippen molar-refractivity contribution < 1.29 is 4.79 Å². The number of thiophene rings is 2. The quantitative estimate of drug-likeness (QED) is 0.500. The molecule has 3 aromatic heterocycles. The van der Waals surface area contributed by atoms with Gasteiger partial charge in [0.1, 0.15) is 0 Å². The molecule has 1 aromatic carbocycles. The molecule has 0 unspecified atom stereocenters. The highest BCUT2D eigenvalue weighted by Crippen LogP contribution is 2.36. The van der Waals surface area contributed by atoms with Gasteiger partial charge in [-0.3, -0.25) is 9.36 Å². The summed E-state index contributed by atoms with van der Waals surface area (Å²) in [7, 11) is 0. The highest BCUT2D eigenvalue weighted by Gasteiger charge is 2.18. The molecule has 0 saturated carbocycles. The van der Waals surface area contributed by atoms with Gasteiger partial charge in [0.25, 0.3) is 5.91 Å². The van der Waals surface area contributed by atoms with E-state index in [1.54, 1.807) is 22.7 Å². The molecule has 19 heavy (non-hydrogen) atoms. The van der Waals surface area contributed by atoms with E-state index in [0.29, 0.717) is 0 Å². The van der Waals surface area contributed by atoms with Crippen LogP contribution >= 0.6 is 22.7 Å². The lowest BCUT2D eigenvalue weighted by Gasteiger charge is -2.04. The molecule has 0 N–H and O–H groups in total. The number of hydrogen-bond donors (Lipinski definition) is 0. The number of aromatic nitrogens is 1. The maximum absolute atomic E-state index is 12.7. The molecule has 3 heterocycles. The van der Waals surface area contributed by atoms with Gasteiger partial charge in [-0.25, -0.2) is 0 Å². The molecule has 4 heteroatoms. The standard InChI is InChI=1S/C15H9NOS2/c17-15(10-4-2-1-3-5-10)16-11-6-8-18-13(11)14-12(16)7-9-19-14/h1-9H. The summed E-state index contributed by atoms with van der Waals surface area (Å²) in [6.07, 6.45) is 0. The van der Waals surface area contributed by atoms with Gasteiger partial charge in [-0.15, -0.1) is 22.7 Å². The summed E-state index contributed by atoms with van der Waals surface area (Å²) in [5.41, 5.74) is 2.75. The first-order valence-electron chi connectivity index (χ1n) is 5.91. The van der Waals surface area contributed by atoms with Gasteiger partial charge in [-0.2, -0.15) is 0 Å². The molecule has 0 fully saturated rings. The zero-order valence-corrected chi connectivity index (χ0v) is 11.5. The minimum Gasteiger partial charge on any atom is -0.274 e. The van der Waals surface area contributed by atoms with E-state index in [-0.39, 0.29) is 5.91 Å². The van der Waals surface area contributed by atoms with Gasteiger partial charge in [0.2, 0.25) is 0 Å². The molecular formula is C15H9NOS2. The molecule has 0 aliphatic carbocycles. The van der Waals surface area contributed by atoms with Crippen LogP contribution in [0, 0.1) is 0 Å². The summed E-state index contributed by atoms with van der Waals surface area (Å²) in [4.78, 5) is 12.7. The minimum atomic E-state index is 0.0393. The SMILES string of the molecule is O=C(c1ccccc1)n1c2ccsc2c2sccc21. The van der Waals surface area contributed by atoms with Gasteiger partial charge >= 0.3 is 0 Å². The van der Waals surface area contributed by atoms with Crippen LogP contribution in [0.4, 0.5) is 0 Å². The van der Waals surface area contributed by atoms with Gasteiger partial charge in [0, 0.05) is 5.56 Å². The van der Waals surface area contributed by atoms with Gasteiger partial charge in [0.05, 0.1) is 20.4 Å². The first kappa shape index (κ1) is 11.0. The zero-order valence-electron chi connectivity index (χ0n) is 9.87. The summed E-state index contributed by atoms with van der Waals surface area (Å²) in [6.45, 7) is 0. The fraction of sp³-hybridized carbons (Fsp3) is 0. The second-order valence-electron chi connectivity index (χ2n) is 4.28. The van der Waals surface area contributed by atoms with Gasteiger partial charge in [-0.1, -0.05) is 18.2 Å². The molecule has 0 aliphatic heterocycles. The van der Waals surface area contributed by atoms with E-state index >= 15 is 0 Å². The second kappa shape index (κ2) is 4.05. The van der Waals surface area contributed by atoms with E-state index in [4.69, 9.17) is 0 Å². The van der Waals surface area contributed by atoms with Crippen LogP contribution < -0.4 is 0 Å². The molecule has 0 aliphatic rings. The van der Waals surface area contributed by atoms with Gasteiger partial charge < -0.3 is 0 Å². The van der Waals surface area contributed by atoms with Crippen LogP contribution in [0.25, 0.3) is 20.4 Å². The minimum absolute atomic E-state index is 0.0393. The molecule has 0 bridgehead atoms. The predicted octanol–water partition coefficient (Wildman–Crippen LogP) is 4.61. The van der Waals surface area contributed by atoms with Crippen LogP contribution in [0.3, 0.4) is 0 Å². The highest BCUT2D eigenvalue weighted by atomic mass is 32.1. The number of fused-ring (bicyclic) bond motifs is 3. The van der Waals surface area contributed by atoms with Crippen LogP contribution in [0.2, 0.25) is 0 Å². The third-order valence-electron chi connectivity index (χ3n) is 3.20. The summed E-state index contributed by atoms with van der Waals surface area (Å²) >= 11 is 3.38. The van der Waals surface area contributed by atoms with Crippen molar-refractivity contribution in [1.29, 1.82) is 0 Å². The van der Waals surface area contributed by atoms with Crippen LogP contribution in [0.5, 0.6) is 0 Å². The smallest absolute Gasteiger partial charge is 0.262 e. The first-order valence-corrected chi connectivity index (χ1v) is 7.67. The fourth-order valence-corrected chi connectivity index (χ4v) is 4.29. The molecule has 4 aromatic rings. The van der Waals surface area contributed by atoms with Crippen molar-refractivity contribution >= 4 is 49.0 Å². The van der Waals surface area contributed by atoms with E-state index in [1.165, 1.54) is 9.40 Å². The van der Waals surface area contributed by atoms with Gasteiger partial charge in [-0.05, 0) is 35.0 Å². The molecule has 92 valence electrons. The average Bonchev–Trinajstić information content (AvgIpc) is 3.11. The average molecular weight is 283 g/mol. The van der Waals surface area contributed by atoms with Crippen molar-refractivity contribution in [3.63, 3.8) is 0 Å². The molecule has 4 rings (SSSR count). The Morgan fingerprint density at radius 2 is 1.42 bits per heavy atom. The van der Waals surface area contributed by atoms with E-state index in [0.717, 1.165) is 16.6 Å². The zero-order chi connectivity index (χ0) is 12.8. The van der Waals surface area contributed by atoms with Crippen molar-refractivity contribution in [3.05, 3.63) is 58.8 Å². The number of nitrogens with zero attached hydrogens (tertiary/aromatic N) is 1. The Balaban J connectivity index is 2.05. The predicted molar refractivity (Wildman–Crippen MR) is 81.4 cm³/mol. The Labute approximate surface area is 117 Å². The first-order chi connectivity index (χ1) is 9.36. The third kappa shape index (κ3) is 1.50. The summed E-state index contributed by atoms with van der Waals surface area (Å²) in [5.74, 6) is 0.0393. The fourth-order valence-electron chi connectivity index (χ4n) is 2.36. The maximum atomic E-state index is 12.7. The number of carbonyl (C=O) groups is 1. The van der Waals surface area contributed by atoms with Crippen molar-refractivity contribution in [1.82, 2.24) is 4.57 Å². The van der Waals surface area contributed by atoms with Crippen molar-refractivity contribution in [3.8, 4) is 0 Å². The lowest BCUT2D eigenvalue weighted by atomic mass is 10.2. The molecule has 0 spiro atoms. The summed E-state index contributed by atoms with van der Waals surface area (Å²) in [6, 6.07) is 13.5. The highest BCUT2D eigenvalue weighted by molar-refractivity contribution is 7.25.